The van der Waals surface area contributed by atoms with Crippen LogP contribution in [0.1, 0.15) is 44.9 Å². The van der Waals surface area contributed by atoms with Gasteiger partial charge >= 0.3 is 0 Å². The second kappa shape index (κ2) is 7.83. The Kier molecular flexibility index (Phi) is 6.60. The predicted molar refractivity (Wildman–Crippen MR) is 58.9 cm³/mol. The number of carbonyl (C=O) groups is 1. The lowest BCUT2D eigenvalue weighted by Gasteiger charge is -2.22. The number of rotatable bonds is 7. The molecule has 0 radical (unpaired) electrons. The van der Waals surface area contributed by atoms with E-state index in [1.165, 1.54) is 12.8 Å². The van der Waals surface area contributed by atoms with E-state index in [0.29, 0.717) is 31.3 Å². The predicted octanol–water partition coefficient (Wildman–Crippen LogP) is 2.33. The fourth-order valence-corrected chi connectivity index (χ4v) is 1.90. The highest BCUT2D eigenvalue weighted by Gasteiger charge is 2.14. The Hall–Kier alpha value is -0.410. The molecule has 1 aliphatic heterocycles. The van der Waals surface area contributed by atoms with E-state index in [0.717, 1.165) is 25.9 Å². The minimum absolute atomic E-state index is 0.338. The van der Waals surface area contributed by atoms with Crippen molar-refractivity contribution in [3.8, 4) is 0 Å². The molecule has 0 aromatic rings. The fraction of sp³-hybridized carbons (Fsp3) is 0.917. The van der Waals surface area contributed by atoms with E-state index in [9.17, 15) is 4.79 Å². The monoisotopic (exact) mass is 214 g/mol. The number of ether oxygens (including phenoxy) is 2. The highest BCUT2D eigenvalue weighted by molar-refractivity contribution is 5.78. The van der Waals surface area contributed by atoms with Gasteiger partial charge in [-0.3, -0.25) is 4.79 Å². The summed E-state index contributed by atoms with van der Waals surface area (Å²) in [6.45, 7) is 1.56. The zero-order chi connectivity index (χ0) is 10.9. The van der Waals surface area contributed by atoms with Gasteiger partial charge in [0.1, 0.15) is 5.78 Å². The molecule has 0 bridgehead atoms. The molecule has 1 rings (SSSR count). The van der Waals surface area contributed by atoms with Gasteiger partial charge in [-0.2, -0.15) is 0 Å². The van der Waals surface area contributed by atoms with Crippen LogP contribution in [0.4, 0.5) is 0 Å². The molecule has 1 fully saturated rings. The third-order valence-electron chi connectivity index (χ3n) is 2.82. The van der Waals surface area contributed by atoms with Gasteiger partial charge in [-0.05, 0) is 32.1 Å². The molecule has 3 heteroatoms. The van der Waals surface area contributed by atoms with Gasteiger partial charge in [-0.15, -0.1) is 0 Å². The quantitative estimate of drug-likeness (QED) is 0.610. The first-order chi connectivity index (χ1) is 7.33. The summed E-state index contributed by atoms with van der Waals surface area (Å²) in [5.74, 6) is 0.348. The highest BCUT2D eigenvalue weighted by Crippen LogP contribution is 2.17. The Morgan fingerprint density at radius 2 is 2.27 bits per heavy atom. The van der Waals surface area contributed by atoms with Gasteiger partial charge in [0.25, 0.3) is 0 Å². The lowest BCUT2D eigenvalue weighted by atomic mass is 10.0. The molecule has 1 heterocycles. The first-order valence-electron chi connectivity index (χ1n) is 5.95. The maximum absolute atomic E-state index is 11.4. The molecule has 1 unspecified atom stereocenters. The van der Waals surface area contributed by atoms with E-state index < -0.39 is 0 Å². The Labute approximate surface area is 92.1 Å². The van der Waals surface area contributed by atoms with Crippen molar-refractivity contribution in [2.75, 3.05) is 20.3 Å². The molecule has 0 amide bonds. The summed E-state index contributed by atoms with van der Waals surface area (Å²) in [6.07, 6.45) is 6.98. The molecular formula is C12H22O3. The zero-order valence-electron chi connectivity index (χ0n) is 9.67. The highest BCUT2D eigenvalue weighted by atomic mass is 16.5. The Balaban J connectivity index is 2.00. The molecule has 1 aliphatic rings. The van der Waals surface area contributed by atoms with Crippen molar-refractivity contribution in [3.05, 3.63) is 0 Å². The summed E-state index contributed by atoms with van der Waals surface area (Å²) < 4.78 is 10.5. The van der Waals surface area contributed by atoms with Gasteiger partial charge in [-0.1, -0.05) is 0 Å². The van der Waals surface area contributed by atoms with Crippen molar-refractivity contribution in [2.24, 2.45) is 0 Å². The standard InChI is InChI=1S/C12H22O3/c1-14-9-4-5-11(13)7-8-12-6-2-3-10-15-12/h12H,2-10H2,1H3. The summed E-state index contributed by atoms with van der Waals surface area (Å²) in [5.41, 5.74) is 0. The van der Waals surface area contributed by atoms with E-state index in [-0.39, 0.29) is 0 Å². The van der Waals surface area contributed by atoms with E-state index >= 15 is 0 Å². The maximum Gasteiger partial charge on any atom is 0.133 e. The van der Waals surface area contributed by atoms with Gasteiger partial charge in [0.2, 0.25) is 0 Å². The van der Waals surface area contributed by atoms with E-state index in [2.05, 4.69) is 0 Å². The number of hydrogen-bond donors (Lipinski definition) is 0. The van der Waals surface area contributed by atoms with Crippen molar-refractivity contribution in [2.45, 2.75) is 51.0 Å². The maximum atomic E-state index is 11.4. The molecule has 1 saturated heterocycles. The SMILES string of the molecule is COCCCC(=O)CCC1CCCCO1. The lowest BCUT2D eigenvalue weighted by molar-refractivity contribution is -0.120. The molecule has 1 atom stereocenters. The molecule has 3 nitrogen and oxygen atoms in total. The van der Waals surface area contributed by atoms with Crippen molar-refractivity contribution in [1.82, 2.24) is 0 Å². The summed E-state index contributed by atoms with van der Waals surface area (Å²) in [6, 6.07) is 0. The number of hydrogen-bond acceptors (Lipinski definition) is 3. The van der Waals surface area contributed by atoms with Crippen LogP contribution < -0.4 is 0 Å². The molecule has 0 aliphatic carbocycles. The average molecular weight is 214 g/mol. The number of Topliss-reactive ketones (excluding diaryl/α,β-unsaturated/α-hetero) is 1. The minimum atomic E-state index is 0.338. The second-order valence-electron chi connectivity index (χ2n) is 4.16. The van der Waals surface area contributed by atoms with Gasteiger partial charge in [0.15, 0.2) is 0 Å². The van der Waals surface area contributed by atoms with E-state index in [4.69, 9.17) is 9.47 Å². The fourth-order valence-electron chi connectivity index (χ4n) is 1.90. The van der Waals surface area contributed by atoms with Crippen molar-refractivity contribution < 1.29 is 14.3 Å². The zero-order valence-corrected chi connectivity index (χ0v) is 9.67. The average Bonchev–Trinajstić information content (AvgIpc) is 2.28. The van der Waals surface area contributed by atoms with Crippen molar-refractivity contribution in [3.63, 3.8) is 0 Å². The van der Waals surface area contributed by atoms with Crippen molar-refractivity contribution in [1.29, 1.82) is 0 Å². The first kappa shape index (κ1) is 12.7. The molecular weight excluding hydrogens is 192 g/mol. The van der Waals surface area contributed by atoms with Crippen LogP contribution in [0, 0.1) is 0 Å². The molecule has 0 N–H and O–H groups in total. The number of ketones is 1. The lowest BCUT2D eigenvalue weighted by Crippen LogP contribution is -2.20. The van der Waals surface area contributed by atoms with E-state index in [1.807, 2.05) is 0 Å². The van der Waals surface area contributed by atoms with Gasteiger partial charge in [-0.25, -0.2) is 0 Å². The third kappa shape index (κ3) is 5.90. The molecule has 0 aromatic carbocycles. The first-order valence-corrected chi connectivity index (χ1v) is 5.95. The smallest absolute Gasteiger partial charge is 0.133 e. The molecule has 0 spiro atoms. The minimum Gasteiger partial charge on any atom is -0.385 e. The van der Waals surface area contributed by atoms with Crippen LogP contribution in [0.3, 0.4) is 0 Å². The van der Waals surface area contributed by atoms with Crippen LogP contribution in [0.2, 0.25) is 0 Å². The van der Waals surface area contributed by atoms with Crippen molar-refractivity contribution >= 4 is 5.78 Å². The van der Waals surface area contributed by atoms with Gasteiger partial charge < -0.3 is 9.47 Å². The summed E-state index contributed by atoms with van der Waals surface area (Å²) in [7, 11) is 1.67. The summed E-state index contributed by atoms with van der Waals surface area (Å²) >= 11 is 0. The van der Waals surface area contributed by atoms with Gasteiger partial charge in [0.05, 0.1) is 6.10 Å². The second-order valence-corrected chi connectivity index (χ2v) is 4.16. The normalized spacial score (nSPS) is 21.5. The Morgan fingerprint density at radius 1 is 1.40 bits per heavy atom. The van der Waals surface area contributed by atoms with E-state index in [1.54, 1.807) is 7.11 Å². The number of methoxy groups -OCH3 is 1. The molecule has 0 saturated carbocycles. The Bertz CT molecular complexity index is 174. The van der Waals surface area contributed by atoms with Crippen LogP contribution in [-0.4, -0.2) is 32.2 Å². The van der Waals surface area contributed by atoms with Crippen LogP contribution in [-0.2, 0) is 14.3 Å². The summed E-state index contributed by atoms with van der Waals surface area (Å²) in [4.78, 5) is 11.4. The Morgan fingerprint density at radius 3 is 2.93 bits per heavy atom. The molecule has 0 aromatic heterocycles. The van der Waals surface area contributed by atoms with Crippen LogP contribution >= 0.6 is 0 Å². The number of carbonyl (C=O) groups excluding carboxylic acids is 1. The van der Waals surface area contributed by atoms with Crippen LogP contribution in [0.25, 0.3) is 0 Å². The van der Waals surface area contributed by atoms with Crippen LogP contribution in [0.5, 0.6) is 0 Å². The van der Waals surface area contributed by atoms with Crippen LogP contribution in [0.15, 0.2) is 0 Å². The summed E-state index contributed by atoms with van der Waals surface area (Å²) in [5, 5.41) is 0. The molecule has 88 valence electrons. The largest absolute Gasteiger partial charge is 0.385 e. The van der Waals surface area contributed by atoms with Gasteiger partial charge in [0, 0.05) is 33.2 Å². The molecule has 15 heavy (non-hydrogen) atoms. The third-order valence-corrected chi connectivity index (χ3v) is 2.82. The topological polar surface area (TPSA) is 35.5 Å².